The first-order chi connectivity index (χ1) is 18.7. The number of benzene rings is 2. The van der Waals surface area contributed by atoms with Gasteiger partial charge in [-0.2, -0.15) is 13.2 Å². The van der Waals surface area contributed by atoms with Crippen molar-refractivity contribution in [1.82, 2.24) is 10.2 Å². The minimum absolute atomic E-state index is 0.00162. The van der Waals surface area contributed by atoms with Crippen LogP contribution in [0.3, 0.4) is 0 Å². The van der Waals surface area contributed by atoms with E-state index in [1.165, 1.54) is 17.0 Å². The molecule has 2 aromatic carbocycles. The van der Waals surface area contributed by atoms with Crippen molar-refractivity contribution < 1.29 is 49.9 Å². The molecule has 1 saturated heterocycles. The van der Waals surface area contributed by atoms with Gasteiger partial charge in [-0.15, -0.1) is 0 Å². The Morgan fingerprint density at radius 1 is 1.05 bits per heavy atom. The van der Waals surface area contributed by atoms with Crippen LogP contribution in [0.2, 0.25) is 0 Å². The zero-order chi connectivity index (χ0) is 29.1. The summed E-state index contributed by atoms with van der Waals surface area (Å²) in [6, 6.07) is 2.88. The van der Waals surface area contributed by atoms with Crippen LogP contribution in [-0.2, 0) is 25.6 Å². The SMILES string of the molecule is O=C(O)CS(=O)(=O)c1cccc(C(=O)N2[C@@H](C(=O)N[C@@H](c3cc(F)c(C(F)(F)F)cc3F)C3CC3)C[C@H]3C[C@H]32)c1. The van der Waals surface area contributed by atoms with Crippen LogP contribution in [0.4, 0.5) is 22.0 Å². The highest BCUT2D eigenvalue weighted by Crippen LogP contribution is 2.49. The van der Waals surface area contributed by atoms with Crippen molar-refractivity contribution in [2.75, 3.05) is 5.75 Å². The third-order valence-electron chi connectivity index (χ3n) is 7.51. The Balaban J connectivity index is 1.39. The van der Waals surface area contributed by atoms with Crippen LogP contribution in [0.5, 0.6) is 0 Å². The Kier molecular flexibility index (Phi) is 6.87. The Morgan fingerprint density at radius 3 is 2.38 bits per heavy atom. The third-order valence-corrected chi connectivity index (χ3v) is 9.11. The molecule has 3 fully saturated rings. The molecule has 3 aliphatic rings. The van der Waals surface area contributed by atoms with Gasteiger partial charge in [0.2, 0.25) is 5.91 Å². The van der Waals surface area contributed by atoms with Crippen LogP contribution in [0.1, 0.15) is 53.2 Å². The van der Waals surface area contributed by atoms with Crippen LogP contribution in [0.25, 0.3) is 0 Å². The highest BCUT2D eigenvalue weighted by atomic mass is 32.2. The fourth-order valence-electron chi connectivity index (χ4n) is 5.35. The lowest BCUT2D eigenvalue weighted by molar-refractivity contribution is -0.140. The number of amides is 2. The number of carboxylic acid groups (broad SMARTS) is 1. The van der Waals surface area contributed by atoms with Gasteiger partial charge < -0.3 is 15.3 Å². The second-order valence-corrected chi connectivity index (χ2v) is 12.4. The number of nitrogens with zero attached hydrogens (tertiary/aromatic N) is 1. The van der Waals surface area contributed by atoms with Gasteiger partial charge in [-0.1, -0.05) is 6.07 Å². The minimum Gasteiger partial charge on any atom is -0.480 e. The molecule has 0 unspecified atom stereocenters. The predicted molar refractivity (Wildman–Crippen MR) is 128 cm³/mol. The molecule has 2 aromatic rings. The molecule has 2 N–H and O–H groups in total. The number of carbonyl (C=O) groups excluding carboxylic acids is 2. The maximum Gasteiger partial charge on any atom is 0.419 e. The molecule has 2 aliphatic carbocycles. The number of rotatable bonds is 8. The molecule has 2 amide bonds. The van der Waals surface area contributed by atoms with Gasteiger partial charge in [0.15, 0.2) is 15.6 Å². The lowest BCUT2D eigenvalue weighted by atomic mass is 9.98. The van der Waals surface area contributed by atoms with Gasteiger partial charge in [-0.25, -0.2) is 17.2 Å². The number of carboxylic acids is 1. The first kappa shape index (κ1) is 28.0. The van der Waals surface area contributed by atoms with E-state index < -0.39 is 74.4 Å². The van der Waals surface area contributed by atoms with Gasteiger partial charge in [0.1, 0.15) is 17.7 Å². The van der Waals surface area contributed by atoms with E-state index in [4.69, 9.17) is 5.11 Å². The number of carbonyl (C=O) groups is 3. The molecule has 40 heavy (non-hydrogen) atoms. The summed E-state index contributed by atoms with van der Waals surface area (Å²) in [6.45, 7) is 0. The number of hydrogen-bond donors (Lipinski definition) is 2. The number of halogens is 5. The molecule has 14 heteroatoms. The van der Waals surface area contributed by atoms with Crippen molar-refractivity contribution >= 4 is 27.6 Å². The number of likely N-dealkylation sites (tertiary alicyclic amines) is 1. The third kappa shape index (κ3) is 5.40. The Bertz CT molecular complexity index is 1510. The van der Waals surface area contributed by atoms with Crippen LogP contribution in [-0.4, -0.2) is 54.0 Å². The van der Waals surface area contributed by atoms with Crippen LogP contribution in [0.15, 0.2) is 41.3 Å². The Labute approximate surface area is 225 Å². The van der Waals surface area contributed by atoms with Gasteiger partial charge in [-0.3, -0.25) is 14.4 Å². The first-order valence-corrected chi connectivity index (χ1v) is 14.1. The fourth-order valence-corrected chi connectivity index (χ4v) is 6.43. The largest absolute Gasteiger partial charge is 0.480 e. The van der Waals surface area contributed by atoms with Gasteiger partial charge in [-0.05, 0) is 67.9 Å². The number of sulfone groups is 1. The summed E-state index contributed by atoms with van der Waals surface area (Å²) < 4.78 is 92.8. The lowest BCUT2D eigenvalue weighted by Crippen LogP contribution is -2.49. The molecule has 4 atom stereocenters. The summed E-state index contributed by atoms with van der Waals surface area (Å²) in [5, 5.41) is 11.5. The standard InChI is InChI=1S/C26H23F5N2O6S/c27-18-10-17(26(29,30)31)19(28)9-16(18)23(12-4-5-12)32-24(36)21-8-14-7-20(14)33(21)25(37)13-2-1-3-15(6-13)40(38,39)11-22(34)35/h1-3,6,9-10,12,14,20-21,23H,4-5,7-8,11H2,(H,32,36)(H,34,35)/t14-,20-,21-,23-/m1/s1. The minimum atomic E-state index is -5.10. The molecule has 0 bridgehead atoms. The van der Waals surface area contributed by atoms with Gasteiger partial charge in [0, 0.05) is 17.2 Å². The summed E-state index contributed by atoms with van der Waals surface area (Å²) in [7, 11) is -4.23. The second-order valence-electron chi connectivity index (χ2n) is 10.4. The second kappa shape index (κ2) is 9.82. The normalized spacial score (nSPS) is 22.9. The summed E-state index contributed by atoms with van der Waals surface area (Å²) in [5.41, 5.74) is -2.25. The number of nitrogens with one attached hydrogen (secondary N) is 1. The number of fused-ring (bicyclic) bond motifs is 1. The molecule has 1 aliphatic heterocycles. The topological polar surface area (TPSA) is 121 Å². The van der Waals surface area contributed by atoms with Crippen molar-refractivity contribution in [2.24, 2.45) is 11.8 Å². The van der Waals surface area contributed by atoms with Crippen molar-refractivity contribution in [2.45, 2.75) is 54.9 Å². The molecule has 214 valence electrons. The first-order valence-electron chi connectivity index (χ1n) is 12.4. The zero-order valence-corrected chi connectivity index (χ0v) is 21.4. The molecular weight excluding hydrogens is 563 g/mol. The number of piperidine rings is 1. The van der Waals surface area contributed by atoms with Crippen LogP contribution in [0, 0.1) is 23.5 Å². The van der Waals surface area contributed by atoms with E-state index >= 15 is 0 Å². The summed E-state index contributed by atoms with van der Waals surface area (Å²) in [6.07, 6.45) is -3.16. The molecule has 5 rings (SSSR count). The van der Waals surface area contributed by atoms with Crippen molar-refractivity contribution in [3.8, 4) is 0 Å². The predicted octanol–water partition coefficient (Wildman–Crippen LogP) is 3.71. The fraction of sp³-hybridized carbons (Fsp3) is 0.423. The van der Waals surface area contributed by atoms with Crippen molar-refractivity contribution in [3.05, 3.63) is 64.7 Å². The quantitative estimate of drug-likeness (QED) is 0.455. The Morgan fingerprint density at radius 2 is 1.75 bits per heavy atom. The molecule has 8 nitrogen and oxygen atoms in total. The number of hydrogen-bond acceptors (Lipinski definition) is 5. The van der Waals surface area contributed by atoms with E-state index in [1.807, 2.05) is 0 Å². The molecule has 0 spiro atoms. The molecule has 2 saturated carbocycles. The summed E-state index contributed by atoms with van der Waals surface area (Å²) >= 11 is 0. The van der Waals surface area contributed by atoms with Crippen LogP contribution >= 0.6 is 0 Å². The Hall–Kier alpha value is -3.55. The highest BCUT2D eigenvalue weighted by molar-refractivity contribution is 7.92. The lowest BCUT2D eigenvalue weighted by Gasteiger charge is -2.29. The maximum atomic E-state index is 14.8. The van der Waals surface area contributed by atoms with Crippen molar-refractivity contribution in [3.63, 3.8) is 0 Å². The van der Waals surface area contributed by atoms with Gasteiger partial charge >= 0.3 is 12.1 Å². The van der Waals surface area contributed by atoms with E-state index in [0.29, 0.717) is 25.3 Å². The van der Waals surface area contributed by atoms with E-state index in [2.05, 4.69) is 5.32 Å². The summed E-state index contributed by atoms with van der Waals surface area (Å²) in [5.74, 6) is -7.40. The highest BCUT2D eigenvalue weighted by Gasteiger charge is 2.56. The monoisotopic (exact) mass is 586 g/mol. The van der Waals surface area contributed by atoms with Gasteiger partial charge in [0.25, 0.3) is 5.91 Å². The average molecular weight is 587 g/mol. The number of alkyl halides is 3. The van der Waals surface area contributed by atoms with Gasteiger partial charge in [0.05, 0.1) is 16.5 Å². The molecular formula is C26H23F5N2O6S. The van der Waals surface area contributed by atoms with Crippen molar-refractivity contribution in [1.29, 1.82) is 0 Å². The van der Waals surface area contributed by atoms with E-state index in [0.717, 1.165) is 12.1 Å². The maximum absolute atomic E-state index is 14.8. The van der Waals surface area contributed by atoms with Crippen LogP contribution < -0.4 is 5.32 Å². The number of aliphatic carboxylic acids is 1. The summed E-state index contributed by atoms with van der Waals surface area (Å²) in [4.78, 5) is 38.7. The van der Waals surface area contributed by atoms with E-state index in [9.17, 15) is 44.8 Å². The van der Waals surface area contributed by atoms with E-state index in [1.54, 1.807) is 0 Å². The van der Waals surface area contributed by atoms with E-state index in [-0.39, 0.29) is 40.8 Å². The average Bonchev–Trinajstić information content (AvgIpc) is 3.80. The zero-order valence-electron chi connectivity index (χ0n) is 20.6. The molecule has 0 radical (unpaired) electrons. The molecule has 1 heterocycles. The smallest absolute Gasteiger partial charge is 0.419 e. The molecule has 0 aromatic heterocycles.